The van der Waals surface area contributed by atoms with Gasteiger partial charge in [-0.3, -0.25) is 14.5 Å². The Bertz CT molecular complexity index is 950. The van der Waals surface area contributed by atoms with E-state index in [1.807, 2.05) is 18.2 Å². The minimum Gasteiger partial charge on any atom is -0.396 e. The van der Waals surface area contributed by atoms with Gasteiger partial charge in [0.15, 0.2) is 0 Å². The molecular weight excluding hydrogens is 394 g/mol. The van der Waals surface area contributed by atoms with Crippen molar-refractivity contribution in [3.63, 3.8) is 0 Å². The van der Waals surface area contributed by atoms with Crippen LogP contribution < -0.4 is 15.8 Å². The van der Waals surface area contributed by atoms with Crippen molar-refractivity contribution in [1.82, 2.24) is 20.2 Å². The minimum atomic E-state index is -0.168. The topological polar surface area (TPSA) is 102 Å². The van der Waals surface area contributed by atoms with E-state index in [0.29, 0.717) is 29.6 Å². The van der Waals surface area contributed by atoms with Gasteiger partial charge in [0.05, 0.1) is 11.9 Å². The molecule has 0 bridgehead atoms. The summed E-state index contributed by atoms with van der Waals surface area (Å²) in [7, 11) is 1.61. The Labute approximate surface area is 182 Å². The maximum absolute atomic E-state index is 12.2. The average molecular weight is 426 g/mol. The Hall–Kier alpha value is -2.71. The van der Waals surface area contributed by atoms with Crippen LogP contribution in [0.15, 0.2) is 35.3 Å². The van der Waals surface area contributed by atoms with Gasteiger partial charge < -0.3 is 20.3 Å². The first kappa shape index (κ1) is 21.5. The molecular formula is C23H31N5O3. The standard InChI is InChI=1S/C23H31N5O3/c1-24-23(31)21-5-3-19(14-25-21)27-11-7-18(8-12-27)28-10-6-17(15-28)20-4-2-16(9-13-29)22(30)26-20/h2-5,14,17-18,29H,6-13,15H2,1H3,(H,24,31)(H,26,30). The molecule has 2 aromatic rings. The highest BCUT2D eigenvalue weighted by Crippen LogP contribution is 2.30. The Morgan fingerprint density at radius 3 is 2.65 bits per heavy atom. The number of hydrogen-bond acceptors (Lipinski definition) is 6. The quantitative estimate of drug-likeness (QED) is 0.641. The Morgan fingerprint density at radius 2 is 2.00 bits per heavy atom. The first-order chi connectivity index (χ1) is 15.1. The van der Waals surface area contributed by atoms with E-state index in [1.54, 1.807) is 19.3 Å². The van der Waals surface area contributed by atoms with Crippen LogP contribution in [-0.4, -0.2) is 71.8 Å². The number of H-pyrrole nitrogens is 1. The zero-order valence-electron chi connectivity index (χ0n) is 18.0. The number of rotatable bonds is 6. The first-order valence-electron chi connectivity index (χ1n) is 11.1. The smallest absolute Gasteiger partial charge is 0.269 e. The third-order valence-electron chi connectivity index (χ3n) is 6.61. The van der Waals surface area contributed by atoms with E-state index in [0.717, 1.165) is 56.8 Å². The van der Waals surface area contributed by atoms with Crippen molar-refractivity contribution in [3.8, 4) is 0 Å². The molecule has 2 aromatic heterocycles. The molecule has 31 heavy (non-hydrogen) atoms. The summed E-state index contributed by atoms with van der Waals surface area (Å²) in [5, 5.41) is 11.7. The lowest BCUT2D eigenvalue weighted by atomic mass is 10.0. The average Bonchev–Trinajstić information content (AvgIpc) is 3.30. The second kappa shape index (κ2) is 9.62. The highest BCUT2D eigenvalue weighted by molar-refractivity contribution is 5.92. The van der Waals surface area contributed by atoms with Crippen LogP contribution in [0.2, 0.25) is 0 Å². The SMILES string of the molecule is CNC(=O)c1ccc(N2CCC(N3CCC(c4ccc(CCO)c(=O)[nH]4)C3)CC2)cn1. The van der Waals surface area contributed by atoms with Gasteiger partial charge in [-0.25, -0.2) is 4.98 Å². The molecule has 2 fully saturated rings. The number of aromatic amines is 1. The molecule has 0 radical (unpaired) electrons. The fourth-order valence-corrected chi connectivity index (χ4v) is 4.77. The molecule has 0 spiro atoms. The van der Waals surface area contributed by atoms with E-state index in [-0.39, 0.29) is 18.1 Å². The summed E-state index contributed by atoms with van der Waals surface area (Å²) in [4.78, 5) is 36.1. The lowest BCUT2D eigenvalue weighted by molar-refractivity contribution is 0.0958. The Balaban J connectivity index is 1.31. The molecule has 0 aromatic carbocycles. The number of aliphatic hydroxyl groups is 1. The zero-order valence-corrected chi connectivity index (χ0v) is 18.0. The van der Waals surface area contributed by atoms with Crippen molar-refractivity contribution in [2.24, 2.45) is 0 Å². The molecule has 1 amide bonds. The number of amides is 1. The Kier molecular flexibility index (Phi) is 6.67. The summed E-state index contributed by atoms with van der Waals surface area (Å²) in [6.07, 6.45) is 5.43. The normalized spacial score (nSPS) is 20.2. The summed E-state index contributed by atoms with van der Waals surface area (Å²) >= 11 is 0. The molecule has 3 N–H and O–H groups in total. The van der Waals surface area contributed by atoms with Gasteiger partial charge in [0.2, 0.25) is 0 Å². The van der Waals surface area contributed by atoms with Crippen molar-refractivity contribution >= 4 is 11.6 Å². The van der Waals surface area contributed by atoms with Crippen LogP contribution in [0.25, 0.3) is 0 Å². The van der Waals surface area contributed by atoms with Gasteiger partial charge in [-0.2, -0.15) is 0 Å². The van der Waals surface area contributed by atoms with Crippen LogP contribution in [0.3, 0.4) is 0 Å². The molecule has 1 atom stereocenters. The molecule has 4 heterocycles. The van der Waals surface area contributed by atoms with E-state index < -0.39 is 0 Å². The van der Waals surface area contributed by atoms with E-state index in [9.17, 15) is 9.59 Å². The number of carbonyl (C=O) groups excluding carboxylic acids is 1. The maximum atomic E-state index is 12.2. The molecule has 0 aliphatic carbocycles. The molecule has 2 aliphatic rings. The number of likely N-dealkylation sites (tertiary alicyclic amines) is 1. The number of nitrogens with one attached hydrogen (secondary N) is 2. The predicted octanol–water partition coefficient (Wildman–Crippen LogP) is 1.12. The third-order valence-corrected chi connectivity index (χ3v) is 6.61. The second-order valence-electron chi connectivity index (χ2n) is 8.42. The van der Waals surface area contributed by atoms with Crippen LogP contribution in [0, 0.1) is 0 Å². The number of aliphatic hydroxyl groups excluding tert-OH is 1. The lowest BCUT2D eigenvalue weighted by Crippen LogP contribution is -2.44. The predicted molar refractivity (Wildman–Crippen MR) is 120 cm³/mol. The van der Waals surface area contributed by atoms with Gasteiger partial charge in [-0.15, -0.1) is 0 Å². The minimum absolute atomic E-state index is 0.00733. The van der Waals surface area contributed by atoms with Crippen LogP contribution in [0.1, 0.15) is 46.9 Å². The molecule has 4 rings (SSSR count). The van der Waals surface area contributed by atoms with E-state index in [4.69, 9.17) is 5.11 Å². The van der Waals surface area contributed by atoms with Gasteiger partial charge in [0, 0.05) is 62.9 Å². The summed E-state index contributed by atoms with van der Waals surface area (Å²) in [6, 6.07) is 8.17. The molecule has 0 saturated carbocycles. The number of pyridine rings is 2. The fraction of sp³-hybridized carbons (Fsp3) is 0.522. The van der Waals surface area contributed by atoms with Gasteiger partial charge in [-0.05, 0) is 44.0 Å². The van der Waals surface area contributed by atoms with Crippen LogP contribution >= 0.6 is 0 Å². The second-order valence-corrected chi connectivity index (χ2v) is 8.42. The number of hydrogen-bond donors (Lipinski definition) is 3. The number of piperidine rings is 1. The van der Waals surface area contributed by atoms with Crippen molar-refractivity contribution in [2.45, 2.75) is 37.6 Å². The molecule has 2 aliphatic heterocycles. The monoisotopic (exact) mass is 425 g/mol. The van der Waals surface area contributed by atoms with Gasteiger partial charge >= 0.3 is 0 Å². The lowest BCUT2D eigenvalue weighted by Gasteiger charge is -2.37. The number of carbonyl (C=O) groups is 1. The van der Waals surface area contributed by atoms with Crippen molar-refractivity contribution in [1.29, 1.82) is 0 Å². The van der Waals surface area contributed by atoms with Gasteiger partial charge in [-0.1, -0.05) is 6.07 Å². The van der Waals surface area contributed by atoms with E-state index >= 15 is 0 Å². The number of aromatic nitrogens is 2. The summed E-state index contributed by atoms with van der Waals surface area (Å²) in [5.74, 6) is 0.189. The third kappa shape index (κ3) is 4.80. The van der Waals surface area contributed by atoms with Crippen LogP contribution in [0.5, 0.6) is 0 Å². The number of nitrogens with zero attached hydrogens (tertiary/aromatic N) is 3. The van der Waals surface area contributed by atoms with E-state index in [1.165, 1.54) is 0 Å². The van der Waals surface area contributed by atoms with Crippen molar-refractivity contribution < 1.29 is 9.90 Å². The van der Waals surface area contributed by atoms with Crippen molar-refractivity contribution in [2.75, 3.05) is 44.7 Å². The van der Waals surface area contributed by atoms with E-state index in [2.05, 4.69) is 25.1 Å². The molecule has 2 saturated heterocycles. The van der Waals surface area contributed by atoms with Crippen LogP contribution in [-0.2, 0) is 6.42 Å². The molecule has 166 valence electrons. The summed E-state index contributed by atoms with van der Waals surface area (Å²) in [6.45, 7) is 3.96. The fourth-order valence-electron chi connectivity index (χ4n) is 4.77. The Morgan fingerprint density at radius 1 is 1.19 bits per heavy atom. The highest BCUT2D eigenvalue weighted by atomic mass is 16.3. The highest BCUT2D eigenvalue weighted by Gasteiger charge is 2.32. The number of anilines is 1. The maximum Gasteiger partial charge on any atom is 0.269 e. The van der Waals surface area contributed by atoms with Gasteiger partial charge in [0.1, 0.15) is 5.69 Å². The summed E-state index contributed by atoms with van der Waals surface area (Å²) < 4.78 is 0. The molecule has 8 heteroatoms. The first-order valence-corrected chi connectivity index (χ1v) is 11.1. The van der Waals surface area contributed by atoms with Crippen LogP contribution in [0.4, 0.5) is 5.69 Å². The van der Waals surface area contributed by atoms with Gasteiger partial charge in [0.25, 0.3) is 11.5 Å². The summed E-state index contributed by atoms with van der Waals surface area (Å²) in [5.41, 5.74) is 3.08. The van der Waals surface area contributed by atoms with Crippen molar-refractivity contribution in [3.05, 3.63) is 57.8 Å². The largest absolute Gasteiger partial charge is 0.396 e. The molecule has 8 nitrogen and oxygen atoms in total. The zero-order chi connectivity index (χ0) is 21.8. The molecule has 1 unspecified atom stereocenters.